The van der Waals surface area contributed by atoms with Crippen molar-refractivity contribution in [3.8, 4) is 0 Å². The zero-order valence-corrected chi connectivity index (χ0v) is 10.4. The van der Waals surface area contributed by atoms with Crippen molar-refractivity contribution in [2.45, 2.75) is 12.8 Å². The molecule has 0 bridgehead atoms. The van der Waals surface area contributed by atoms with Crippen LogP contribution in [0.5, 0.6) is 0 Å². The molecule has 18 heavy (non-hydrogen) atoms. The number of carboxylic acid groups (broad SMARTS) is 1. The van der Waals surface area contributed by atoms with Crippen LogP contribution in [0.3, 0.4) is 0 Å². The van der Waals surface area contributed by atoms with Crippen molar-refractivity contribution in [2.75, 3.05) is 18.4 Å². The van der Waals surface area contributed by atoms with Crippen molar-refractivity contribution in [2.24, 2.45) is 0 Å². The number of hydrogen-bond acceptors (Lipinski definition) is 2. The molecular formula is C12H13ClN2O3. The monoisotopic (exact) mass is 268 g/mol. The number of aromatic carboxylic acids is 1. The van der Waals surface area contributed by atoms with E-state index >= 15 is 0 Å². The highest BCUT2D eigenvalue weighted by Crippen LogP contribution is 2.21. The average molecular weight is 269 g/mol. The molecule has 1 aliphatic heterocycles. The summed E-state index contributed by atoms with van der Waals surface area (Å²) < 4.78 is 0. The molecule has 1 aliphatic rings. The molecule has 96 valence electrons. The van der Waals surface area contributed by atoms with Gasteiger partial charge in [0.1, 0.15) is 0 Å². The number of nitrogens with one attached hydrogen (secondary N) is 1. The smallest absolute Gasteiger partial charge is 0.337 e. The summed E-state index contributed by atoms with van der Waals surface area (Å²) in [5, 5.41) is 12.0. The minimum atomic E-state index is -1.12. The molecule has 5 nitrogen and oxygen atoms in total. The summed E-state index contributed by atoms with van der Waals surface area (Å²) in [4.78, 5) is 24.6. The van der Waals surface area contributed by atoms with E-state index in [4.69, 9.17) is 16.7 Å². The van der Waals surface area contributed by atoms with E-state index in [-0.39, 0.29) is 17.3 Å². The van der Waals surface area contributed by atoms with Crippen molar-refractivity contribution in [3.05, 3.63) is 28.8 Å². The Morgan fingerprint density at radius 3 is 2.56 bits per heavy atom. The Morgan fingerprint density at radius 2 is 1.94 bits per heavy atom. The number of rotatable bonds is 2. The van der Waals surface area contributed by atoms with Gasteiger partial charge in [-0.15, -0.1) is 0 Å². The van der Waals surface area contributed by atoms with Crippen LogP contribution in [0.2, 0.25) is 5.02 Å². The molecule has 1 fully saturated rings. The van der Waals surface area contributed by atoms with Gasteiger partial charge in [0.05, 0.1) is 11.3 Å². The Balaban J connectivity index is 2.17. The lowest BCUT2D eigenvalue weighted by Gasteiger charge is -2.17. The second-order valence-electron chi connectivity index (χ2n) is 4.12. The lowest BCUT2D eigenvalue weighted by molar-refractivity contribution is 0.0698. The number of nitrogens with zero attached hydrogens (tertiary/aromatic N) is 1. The molecule has 0 unspecified atom stereocenters. The summed E-state index contributed by atoms with van der Waals surface area (Å²) in [5.41, 5.74) is 0.263. The lowest BCUT2D eigenvalue weighted by Crippen LogP contribution is -2.32. The Bertz CT molecular complexity index is 484. The van der Waals surface area contributed by atoms with E-state index in [2.05, 4.69) is 5.32 Å². The SMILES string of the molecule is O=C(O)c1cc(Cl)ccc1NC(=O)N1CCCC1. The molecule has 0 radical (unpaired) electrons. The zero-order valence-electron chi connectivity index (χ0n) is 9.65. The number of anilines is 1. The molecule has 0 saturated carbocycles. The molecular weight excluding hydrogens is 256 g/mol. The van der Waals surface area contributed by atoms with Gasteiger partial charge in [0.15, 0.2) is 0 Å². The van der Waals surface area contributed by atoms with Gasteiger partial charge in [-0.2, -0.15) is 0 Å². The lowest BCUT2D eigenvalue weighted by atomic mass is 10.2. The van der Waals surface area contributed by atoms with Gasteiger partial charge >= 0.3 is 12.0 Å². The van der Waals surface area contributed by atoms with E-state index in [1.807, 2.05) is 0 Å². The summed E-state index contributed by atoms with van der Waals surface area (Å²) >= 11 is 5.74. The van der Waals surface area contributed by atoms with Gasteiger partial charge in [-0.05, 0) is 31.0 Å². The van der Waals surface area contributed by atoms with E-state index in [9.17, 15) is 9.59 Å². The molecule has 0 spiro atoms. The first-order valence-corrected chi connectivity index (χ1v) is 6.04. The van der Waals surface area contributed by atoms with Gasteiger partial charge in [0.2, 0.25) is 0 Å². The number of benzene rings is 1. The molecule has 0 aromatic heterocycles. The predicted octanol–water partition coefficient (Wildman–Crippen LogP) is 2.67. The number of urea groups is 1. The quantitative estimate of drug-likeness (QED) is 0.866. The molecule has 0 atom stereocenters. The highest BCUT2D eigenvalue weighted by atomic mass is 35.5. The fraction of sp³-hybridized carbons (Fsp3) is 0.333. The third-order valence-electron chi connectivity index (χ3n) is 2.85. The number of carbonyl (C=O) groups is 2. The summed E-state index contributed by atoms with van der Waals surface area (Å²) in [6, 6.07) is 4.11. The van der Waals surface area contributed by atoms with Crippen molar-refractivity contribution < 1.29 is 14.7 Å². The van der Waals surface area contributed by atoms with E-state index in [1.54, 1.807) is 11.0 Å². The van der Waals surface area contributed by atoms with Gasteiger partial charge in [-0.25, -0.2) is 9.59 Å². The largest absolute Gasteiger partial charge is 0.478 e. The van der Waals surface area contributed by atoms with Crippen molar-refractivity contribution >= 4 is 29.3 Å². The summed E-state index contributed by atoms with van der Waals surface area (Å²) in [6.07, 6.45) is 1.97. The number of likely N-dealkylation sites (tertiary alicyclic amines) is 1. The average Bonchev–Trinajstić information content (AvgIpc) is 2.84. The van der Waals surface area contributed by atoms with E-state index in [1.165, 1.54) is 12.1 Å². The molecule has 1 heterocycles. The van der Waals surface area contributed by atoms with Crippen LogP contribution in [0.15, 0.2) is 18.2 Å². The molecule has 2 rings (SSSR count). The van der Waals surface area contributed by atoms with Crippen LogP contribution in [0.1, 0.15) is 23.2 Å². The van der Waals surface area contributed by atoms with Gasteiger partial charge in [0, 0.05) is 18.1 Å². The summed E-state index contributed by atoms with van der Waals surface area (Å²) in [7, 11) is 0. The third kappa shape index (κ3) is 2.73. The molecule has 6 heteroatoms. The normalized spacial score (nSPS) is 14.6. The maximum atomic E-state index is 11.9. The minimum absolute atomic E-state index is 0.00459. The Hall–Kier alpha value is -1.75. The predicted molar refractivity (Wildman–Crippen MR) is 68.2 cm³/mol. The fourth-order valence-electron chi connectivity index (χ4n) is 1.92. The Morgan fingerprint density at radius 1 is 1.28 bits per heavy atom. The van der Waals surface area contributed by atoms with Gasteiger partial charge in [-0.3, -0.25) is 0 Å². The number of hydrogen-bond donors (Lipinski definition) is 2. The first-order valence-electron chi connectivity index (χ1n) is 5.66. The third-order valence-corrected chi connectivity index (χ3v) is 3.08. The van der Waals surface area contributed by atoms with Crippen LogP contribution in [0, 0.1) is 0 Å². The van der Waals surface area contributed by atoms with Gasteiger partial charge in [-0.1, -0.05) is 11.6 Å². The van der Waals surface area contributed by atoms with Gasteiger partial charge in [0.25, 0.3) is 0 Å². The molecule has 0 aliphatic carbocycles. The van der Waals surface area contributed by atoms with Crippen LogP contribution in [-0.2, 0) is 0 Å². The van der Waals surface area contributed by atoms with E-state index in [0.29, 0.717) is 18.1 Å². The minimum Gasteiger partial charge on any atom is -0.478 e. The maximum absolute atomic E-state index is 11.9. The number of halogens is 1. The molecule has 1 aromatic rings. The second kappa shape index (κ2) is 5.27. The first-order chi connectivity index (χ1) is 8.58. The molecule has 1 aromatic carbocycles. The molecule has 1 saturated heterocycles. The van der Waals surface area contributed by atoms with Crippen LogP contribution in [-0.4, -0.2) is 35.1 Å². The van der Waals surface area contributed by atoms with Crippen LogP contribution in [0.25, 0.3) is 0 Å². The van der Waals surface area contributed by atoms with Crippen LogP contribution in [0.4, 0.5) is 10.5 Å². The van der Waals surface area contributed by atoms with Gasteiger partial charge < -0.3 is 15.3 Å². The van der Waals surface area contributed by atoms with Crippen molar-refractivity contribution in [1.82, 2.24) is 4.90 Å². The number of carbonyl (C=O) groups excluding carboxylic acids is 1. The van der Waals surface area contributed by atoms with E-state index in [0.717, 1.165) is 12.8 Å². The second-order valence-corrected chi connectivity index (χ2v) is 4.56. The standard InChI is InChI=1S/C12H13ClN2O3/c13-8-3-4-10(9(7-8)11(16)17)14-12(18)15-5-1-2-6-15/h3-4,7H,1-2,5-6H2,(H,14,18)(H,16,17). The highest BCUT2D eigenvalue weighted by Gasteiger charge is 2.20. The molecule has 2 N–H and O–H groups in total. The first kappa shape index (κ1) is 12.7. The van der Waals surface area contributed by atoms with Crippen molar-refractivity contribution in [1.29, 1.82) is 0 Å². The molecule has 2 amide bonds. The van der Waals surface area contributed by atoms with Crippen molar-refractivity contribution in [3.63, 3.8) is 0 Å². The number of carboxylic acids is 1. The van der Waals surface area contributed by atoms with Crippen LogP contribution >= 0.6 is 11.6 Å². The highest BCUT2D eigenvalue weighted by molar-refractivity contribution is 6.31. The fourth-order valence-corrected chi connectivity index (χ4v) is 2.09. The topological polar surface area (TPSA) is 69.6 Å². The van der Waals surface area contributed by atoms with Crippen LogP contribution < -0.4 is 5.32 Å². The summed E-state index contributed by atoms with van der Waals surface area (Å²) in [6.45, 7) is 1.42. The Labute approximate surface area is 109 Å². The van der Waals surface area contributed by atoms with E-state index < -0.39 is 5.97 Å². The maximum Gasteiger partial charge on any atom is 0.337 e. The Kier molecular flexibility index (Phi) is 3.72. The zero-order chi connectivity index (χ0) is 13.1. The number of amides is 2. The summed E-state index contributed by atoms with van der Waals surface area (Å²) in [5.74, 6) is -1.12.